The predicted octanol–water partition coefficient (Wildman–Crippen LogP) is 0.890. The van der Waals surface area contributed by atoms with Crippen molar-refractivity contribution in [3.05, 3.63) is 114 Å². The average Bonchev–Trinajstić information content (AvgIpc) is 3.32. The van der Waals surface area contributed by atoms with Crippen molar-refractivity contribution in [3.8, 4) is 11.1 Å². The molecular weight excluding hydrogens is 498 g/mol. The Morgan fingerprint density at radius 1 is 0.871 bits per heavy atom. The number of hydrogen-bond donors (Lipinski definition) is 0. The summed E-state index contributed by atoms with van der Waals surface area (Å²) < 4.78 is 1.51. The molecule has 0 saturated carbocycles. The van der Waals surface area contributed by atoms with Gasteiger partial charge >= 0.3 is 41.3 Å². The quantitative estimate of drug-likeness (QED) is 0.325. The van der Waals surface area contributed by atoms with Gasteiger partial charge in [-0.25, -0.2) is 6.08 Å². The first-order valence-electron chi connectivity index (χ1n) is 10.0. The molecule has 0 aromatic heterocycles. The molecule has 0 bridgehead atoms. The van der Waals surface area contributed by atoms with E-state index in [1.807, 2.05) is 12.1 Å². The molecule has 0 spiro atoms. The van der Waals surface area contributed by atoms with Gasteiger partial charge in [-0.3, -0.25) is 6.08 Å². The Kier molecular flexibility index (Phi) is 12.2. The monoisotopic (exact) mass is 522 g/mol. The van der Waals surface area contributed by atoms with E-state index < -0.39 is 0 Å². The molecule has 1 unspecified atom stereocenters. The van der Waals surface area contributed by atoms with E-state index in [-0.39, 0.29) is 24.8 Å². The largest absolute Gasteiger partial charge is 1.00 e. The fraction of sp³-hybridized carbons (Fsp3) is 0.179. The summed E-state index contributed by atoms with van der Waals surface area (Å²) in [6.07, 6.45) is 8.60. The van der Waals surface area contributed by atoms with Crippen LogP contribution in [0.4, 0.5) is 0 Å². The number of halogens is 2. The first kappa shape index (κ1) is 27.5. The maximum absolute atomic E-state index is 3.30. The van der Waals surface area contributed by atoms with E-state index in [9.17, 15) is 0 Å². The molecule has 0 radical (unpaired) electrons. The molecule has 3 aromatic rings. The maximum atomic E-state index is 3.30. The molecule has 31 heavy (non-hydrogen) atoms. The third kappa shape index (κ3) is 8.15. The number of benzene rings is 3. The zero-order valence-corrected chi connectivity index (χ0v) is 22.1. The van der Waals surface area contributed by atoms with Gasteiger partial charge in [0.15, 0.2) is 0 Å². The van der Waals surface area contributed by atoms with Gasteiger partial charge < -0.3 is 24.8 Å². The third-order valence-electron chi connectivity index (χ3n) is 4.65. The summed E-state index contributed by atoms with van der Waals surface area (Å²) in [5.41, 5.74) is 8.09. The van der Waals surface area contributed by atoms with Crippen LogP contribution in [0.25, 0.3) is 16.7 Å². The SMILES string of the molecule is CC1[C-]=CC(c2ccccc2)=C1.C[C](C)=[Zr+2].[Cl-].[Cl-].[c-]1cccc2c1Cc1ccccc1-2. The van der Waals surface area contributed by atoms with Gasteiger partial charge in [-0.2, -0.15) is 41.5 Å². The van der Waals surface area contributed by atoms with Crippen LogP contribution in [-0.4, -0.2) is 3.21 Å². The minimum Gasteiger partial charge on any atom is -1.00 e. The molecule has 3 aromatic carbocycles. The standard InChI is InChI=1S/C13H9.C12H11.C3H6.2ClH.Zr/c1-3-7-12-10(5-1)9-11-6-2-4-8-13(11)12;1-10-7-8-12(9-10)11-5-3-2-4-6-11;1-3-2;;;/h1-5,7-8H,9H2;2-6,8-10H,1H3;1-2H3;2*1H;/q2*-1;;;;+2/p-2. The van der Waals surface area contributed by atoms with Gasteiger partial charge in [-0.05, 0) is 6.42 Å². The average molecular weight is 525 g/mol. The molecular formula is C28H26Cl2Zr-2. The minimum absolute atomic E-state index is 0. The second kappa shape index (κ2) is 13.8. The van der Waals surface area contributed by atoms with E-state index in [2.05, 4.69) is 106 Å². The molecule has 1 atom stereocenters. The Bertz CT molecular complexity index is 988. The first-order valence-corrected chi connectivity index (χ1v) is 11.2. The van der Waals surface area contributed by atoms with Gasteiger partial charge in [0.2, 0.25) is 0 Å². The predicted molar refractivity (Wildman–Crippen MR) is 121 cm³/mol. The number of hydrogen-bond acceptors (Lipinski definition) is 0. The summed E-state index contributed by atoms with van der Waals surface area (Å²) in [4.78, 5) is 0. The van der Waals surface area contributed by atoms with Crippen molar-refractivity contribution in [2.24, 2.45) is 5.92 Å². The fourth-order valence-corrected chi connectivity index (χ4v) is 3.39. The topological polar surface area (TPSA) is 0 Å². The molecule has 0 amide bonds. The second-order valence-corrected chi connectivity index (χ2v) is 9.94. The number of allylic oxidation sites excluding steroid dienone is 4. The van der Waals surface area contributed by atoms with Crippen LogP contribution in [0.15, 0.2) is 84.9 Å². The van der Waals surface area contributed by atoms with Gasteiger partial charge in [0.1, 0.15) is 0 Å². The van der Waals surface area contributed by atoms with Gasteiger partial charge in [-0.15, -0.1) is 11.1 Å². The Balaban J connectivity index is 0.000000252. The van der Waals surface area contributed by atoms with Crippen molar-refractivity contribution in [1.82, 2.24) is 0 Å². The molecule has 0 saturated heterocycles. The van der Waals surface area contributed by atoms with Crippen LogP contribution in [0.5, 0.6) is 0 Å². The fourth-order valence-electron chi connectivity index (χ4n) is 3.39. The normalized spacial score (nSPS) is 14.2. The van der Waals surface area contributed by atoms with Crippen LogP contribution in [0.1, 0.15) is 37.5 Å². The van der Waals surface area contributed by atoms with Crippen molar-refractivity contribution < 1.29 is 49.0 Å². The summed E-state index contributed by atoms with van der Waals surface area (Å²) in [6.45, 7) is 6.39. The Morgan fingerprint density at radius 2 is 1.48 bits per heavy atom. The zero-order valence-electron chi connectivity index (χ0n) is 18.1. The van der Waals surface area contributed by atoms with Crippen LogP contribution < -0.4 is 24.8 Å². The Labute approximate surface area is 214 Å². The summed E-state index contributed by atoms with van der Waals surface area (Å²) in [5, 5.41) is 0. The molecule has 0 nitrogen and oxygen atoms in total. The van der Waals surface area contributed by atoms with E-state index in [1.54, 1.807) is 24.2 Å². The minimum atomic E-state index is 0. The molecule has 2 aliphatic carbocycles. The van der Waals surface area contributed by atoms with E-state index in [0.29, 0.717) is 5.92 Å². The van der Waals surface area contributed by atoms with Crippen LogP contribution in [0, 0.1) is 18.1 Å². The van der Waals surface area contributed by atoms with Gasteiger partial charge in [-0.1, -0.05) is 78.6 Å². The van der Waals surface area contributed by atoms with Crippen molar-refractivity contribution in [1.29, 1.82) is 0 Å². The zero-order chi connectivity index (χ0) is 20.6. The van der Waals surface area contributed by atoms with E-state index in [0.717, 1.165) is 6.42 Å². The van der Waals surface area contributed by atoms with E-state index in [4.69, 9.17) is 0 Å². The maximum Gasteiger partial charge on any atom is -0.0253 e. The van der Waals surface area contributed by atoms with Crippen molar-refractivity contribution in [2.45, 2.75) is 27.2 Å². The third-order valence-corrected chi connectivity index (χ3v) is 4.65. The summed E-state index contributed by atoms with van der Waals surface area (Å²) in [6, 6.07) is 28.5. The molecule has 0 N–H and O–H groups in total. The number of fused-ring (bicyclic) bond motifs is 3. The van der Waals surface area contributed by atoms with Gasteiger partial charge in [0.05, 0.1) is 0 Å². The van der Waals surface area contributed by atoms with E-state index in [1.165, 1.54) is 36.6 Å². The van der Waals surface area contributed by atoms with Crippen LogP contribution in [-0.2, 0) is 30.7 Å². The smallest absolute Gasteiger partial charge is 0.0253 e. The second-order valence-electron chi connectivity index (χ2n) is 7.48. The summed E-state index contributed by atoms with van der Waals surface area (Å²) >= 11 is 1.55. The van der Waals surface area contributed by atoms with Crippen molar-refractivity contribution in [2.75, 3.05) is 0 Å². The Morgan fingerprint density at radius 3 is 2.13 bits per heavy atom. The molecule has 5 rings (SSSR count). The van der Waals surface area contributed by atoms with Crippen LogP contribution in [0.3, 0.4) is 0 Å². The Hall–Kier alpha value is -1.53. The molecule has 3 heteroatoms. The van der Waals surface area contributed by atoms with Gasteiger partial charge in [0, 0.05) is 0 Å². The molecule has 0 heterocycles. The van der Waals surface area contributed by atoms with E-state index >= 15 is 0 Å². The first-order chi connectivity index (χ1) is 14.0. The molecule has 158 valence electrons. The van der Waals surface area contributed by atoms with Crippen LogP contribution in [0.2, 0.25) is 0 Å². The van der Waals surface area contributed by atoms with Crippen LogP contribution >= 0.6 is 0 Å². The molecule has 0 aliphatic heterocycles. The summed E-state index contributed by atoms with van der Waals surface area (Å²) in [7, 11) is 0. The van der Waals surface area contributed by atoms with Crippen molar-refractivity contribution in [3.63, 3.8) is 0 Å². The molecule has 2 aliphatic rings. The van der Waals surface area contributed by atoms with Crippen molar-refractivity contribution >= 4 is 8.78 Å². The van der Waals surface area contributed by atoms with Gasteiger partial charge in [0.25, 0.3) is 0 Å². The number of rotatable bonds is 1. The molecule has 0 fully saturated rings. The summed E-state index contributed by atoms with van der Waals surface area (Å²) in [5.74, 6) is 0.472.